The molecule has 0 aromatic heterocycles. The van der Waals surface area contributed by atoms with Crippen LogP contribution in [0.25, 0.3) is 0 Å². The fourth-order valence-electron chi connectivity index (χ4n) is 2.00. The Bertz CT molecular complexity index is 323. The third-order valence-electron chi connectivity index (χ3n) is 2.87. The Morgan fingerprint density at radius 3 is 2.33 bits per heavy atom. The lowest BCUT2D eigenvalue weighted by atomic mass is 9.84. The summed E-state index contributed by atoms with van der Waals surface area (Å²) in [6.07, 6.45) is -0.368. The summed E-state index contributed by atoms with van der Waals surface area (Å²) in [5.41, 5.74) is -0.590. The second-order valence-corrected chi connectivity index (χ2v) is 5.67. The van der Waals surface area contributed by atoms with E-state index in [0.29, 0.717) is 12.8 Å². The summed E-state index contributed by atoms with van der Waals surface area (Å²) >= 11 is 0. The number of aliphatic hydroxyl groups is 1. The van der Waals surface area contributed by atoms with Gasteiger partial charge in [-0.25, -0.2) is 4.79 Å². The number of hydrogen-bond donors (Lipinski definition) is 3. The largest absolute Gasteiger partial charge is 0.481 e. The summed E-state index contributed by atoms with van der Waals surface area (Å²) < 4.78 is 5.09. The first-order chi connectivity index (χ1) is 8.19. The molecule has 0 saturated heterocycles. The fraction of sp³-hybridized carbons (Fsp3) is 0.833. The molecule has 18 heavy (non-hydrogen) atoms. The van der Waals surface area contributed by atoms with Crippen molar-refractivity contribution in [2.45, 2.75) is 57.8 Å². The molecule has 3 N–H and O–H groups in total. The number of aliphatic hydroxyl groups excluding tert-OH is 1. The number of carbonyl (C=O) groups is 2. The zero-order chi connectivity index (χ0) is 13.9. The highest BCUT2D eigenvalue weighted by Crippen LogP contribution is 2.25. The van der Waals surface area contributed by atoms with E-state index in [0.717, 1.165) is 0 Å². The Balaban J connectivity index is 2.45. The van der Waals surface area contributed by atoms with Gasteiger partial charge in [0.05, 0.1) is 18.1 Å². The summed E-state index contributed by atoms with van der Waals surface area (Å²) in [6, 6.07) is -0.435. The molecule has 0 radical (unpaired) electrons. The third kappa shape index (κ3) is 4.52. The van der Waals surface area contributed by atoms with Crippen LogP contribution in [-0.2, 0) is 9.53 Å². The fourth-order valence-corrected chi connectivity index (χ4v) is 2.00. The van der Waals surface area contributed by atoms with E-state index >= 15 is 0 Å². The minimum atomic E-state index is -0.898. The lowest BCUT2D eigenvalue weighted by Gasteiger charge is -2.32. The monoisotopic (exact) mass is 259 g/mol. The maximum absolute atomic E-state index is 11.5. The Morgan fingerprint density at radius 2 is 1.89 bits per heavy atom. The van der Waals surface area contributed by atoms with Crippen LogP contribution in [0.15, 0.2) is 0 Å². The third-order valence-corrected chi connectivity index (χ3v) is 2.87. The summed E-state index contributed by atoms with van der Waals surface area (Å²) in [5, 5.41) is 21.2. The molecule has 0 bridgehead atoms. The van der Waals surface area contributed by atoms with E-state index in [4.69, 9.17) is 9.84 Å². The van der Waals surface area contributed by atoms with Gasteiger partial charge in [0.15, 0.2) is 0 Å². The van der Waals surface area contributed by atoms with Crippen LogP contribution >= 0.6 is 0 Å². The molecule has 0 aromatic rings. The van der Waals surface area contributed by atoms with Crippen LogP contribution in [0.1, 0.15) is 40.0 Å². The highest BCUT2D eigenvalue weighted by molar-refractivity contribution is 5.70. The summed E-state index contributed by atoms with van der Waals surface area (Å²) in [6.45, 7) is 5.26. The van der Waals surface area contributed by atoms with Gasteiger partial charge in [-0.15, -0.1) is 0 Å². The number of rotatable bonds is 2. The van der Waals surface area contributed by atoms with Crippen molar-refractivity contribution < 1.29 is 24.5 Å². The second kappa shape index (κ2) is 5.56. The van der Waals surface area contributed by atoms with E-state index in [1.165, 1.54) is 0 Å². The van der Waals surface area contributed by atoms with E-state index in [2.05, 4.69) is 5.32 Å². The van der Waals surface area contributed by atoms with Crippen molar-refractivity contribution in [3.05, 3.63) is 0 Å². The van der Waals surface area contributed by atoms with Gasteiger partial charge in [-0.05, 0) is 40.0 Å². The van der Waals surface area contributed by atoms with Gasteiger partial charge < -0.3 is 20.3 Å². The zero-order valence-electron chi connectivity index (χ0n) is 11.0. The first kappa shape index (κ1) is 14.8. The molecule has 0 aliphatic heterocycles. The van der Waals surface area contributed by atoms with Crippen molar-refractivity contribution in [1.82, 2.24) is 5.32 Å². The SMILES string of the molecule is CC(C)(C)OC(=O)N[C@@H]1CC[C@@H](C(=O)O)C[C@H]1O. The Morgan fingerprint density at radius 1 is 1.28 bits per heavy atom. The van der Waals surface area contributed by atoms with Gasteiger partial charge in [0.25, 0.3) is 0 Å². The van der Waals surface area contributed by atoms with E-state index in [1.807, 2.05) is 0 Å². The number of aliphatic carboxylic acids is 1. The van der Waals surface area contributed by atoms with Crippen LogP contribution in [0.5, 0.6) is 0 Å². The van der Waals surface area contributed by atoms with Gasteiger partial charge in [-0.2, -0.15) is 0 Å². The van der Waals surface area contributed by atoms with Crippen molar-refractivity contribution in [3.63, 3.8) is 0 Å². The minimum Gasteiger partial charge on any atom is -0.481 e. The van der Waals surface area contributed by atoms with Gasteiger partial charge in [0.2, 0.25) is 0 Å². The molecule has 0 unspecified atom stereocenters. The molecule has 1 aliphatic carbocycles. The Labute approximate surface area is 106 Å². The molecule has 1 rings (SSSR count). The smallest absolute Gasteiger partial charge is 0.407 e. The molecule has 3 atom stereocenters. The van der Waals surface area contributed by atoms with Gasteiger partial charge >= 0.3 is 12.1 Å². The van der Waals surface area contributed by atoms with Gasteiger partial charge in [0.1, 0.15) is 5.60 Å². The predicted octanol–water partition coefficient (Wildman–Crippen LogP) is 1.13. The molecule has 6 nitrogen and oxygen atoms in total. The second-order valence-electron chi connectivity index (χ2n) is 5.67. The Hall–Kier alpha value is -1.30. The number of amides is 1. The van der Waals surface area contributed by atoms with Crippen LogP contribution in [0.2, 0.25) is 0 Å². The number of ether oxygens (including phenoxy) is 1. The molecule has 1 aliphatic rings. The first-order valence-corrected chi connectivity index (χ1v) is 6.09. The van der Waals surface area contributed by atoms with E-state index in [-0.39, 0.29) is 6.42 Å². The van der Waals surface area contributed by atoms with Crippen LogP contribution in [0.3, 0.4) is 0 Å². The summed E-state index contributed by atoms with van der Waals surface area (Å²) in [5.74, 6) is -1.43. The molecule has 1 amide bonds. The van der Waals surface area contributed by atoms with Crippen molar-refractivity contribution in [3.8, 4) is 0 Å². The van der Waals surface area contributed by atoms with E-state index in [9.17, 15) is 14.7 Å². The number of nitrogens with one attached hydrogen (secondary N) is 1. The molecule has 0 aromatic carbocycles. The standard InChI is InChI=1S/C12H21NO5/c1-12(2,3)18-11(17)13-8-5-4-7(10(15)16)6-9(8)14/h7-9,14H,4-6H2,1-3H3,(H,13,17)(H,15,16)/t7-,8-,9-/m1/s1. The highest BCUT2D eigenvalue weighted by Gasteiger charge is 2.34. The zero-order valence-corrected chi connectivity index (χ0v) is 11.0. The van der Waals surface area contributed by atoms with Crippen molar-refractivity contribution >= 4 is 12.1 Å². The van der Waals surface area contributed by atoms with Crippen LogP contribution in [0.4, 0.5) is 4.79 Å². The van der Waals surface area contributed by atoms with Crippen molar-refractivity contribution in [1.29, 1.82) is 0 Å². The predicted molar refractivity (Wildman–Crippen MR) is 64.1 cm³/mol. The number of carboxylic acid groups (broad SMARTS) is 1. The molecular formula is C12H21NO5. The summed E-state index contributed by atoms with van der Waals surface area (Å²) in [7, 11) is 0. The highest BCUT2D eigenvalue weighted by atomic mass is 16.6. The van der Waals surface area contributed by atoms with Crippen molar-refractivity contribution in [2.24, 2.45) is 5.92 Å². The molecule has 1 fully saturated rings. The normalized spacial score (nSPS) is 28.6. The van der Waals surface area contributed by atoms with Crippen LogP contribution < -0.4 is 5.32 Å². The van der Waals surface area contributed by atoms with Crippen molar-refractivity contribution in [2.75, 3.05) is 0 Å². The van der Waals surface area contributed by atoms with Gasteiger partial charge in [-0.3, -0.25) is 4.79 Å². The number of alkyl carbamates (subject to hydrolysis) is 1. The molecule has 0 spiro atoms. The minimum absolute atomic E-state index is 0.162. The number of carbonyl (C=O) groups excluding carboxylic acids is 1. The van der Waals surface area contributed by atoms with E-state index < -0.39 is 35.7 Å². The maximum atomic E-state index is 11.5. The quantitative estimate of drug-likeness (QED) is 0.690. The molecular weight excluding hydrogens is 238 g/mol. The van der Waals surface area contributed by atoms with Crippen LogP contribution in [0, 0.1) is 5.92 Å². The Kier molecular flexibility index (Phi) is 4.56. The maximum Gasteiger partial charge on any atom is 0.407 e. The first-order valence-electron chi connectivity index (χ1n) is 6.09. The lowest BCUT2D eigenvalue weighted by Crippen LogP contribution is -2.49. The van der Waals surface area contributed by atoms with Gasteiger partial charge in [-0.1, -0.05) is 0 Å². The van der Waals surface area contributed by atoms with Gasteiger partial charge in [0, 0.05) is 0 Å². The molecule has 0 heterocycles. The van der Waals surface area contributed by atoms with Crippen LogP contribution in [-0.4, -0.2) is 40.0 Å². The number of carboxylic acids is 1. The topological polar surface area (TPSA) is 95.9 Å². The molecule has 104 valence electrons. The molecule has 6 heteroatoms. The average molecular weight is 259 g/mol. The lowest BCUT2D eigenvalue weighted by molar-refractivity contribution is -0.144. The number of hydrogen-bond acceptors (Lipinski definition) is 4. The summed E-state index contributed by atoms with van der Waals surface area (Å²) in [4.78, 5) is 22.3. The average Bonchev–Trinajstić information content (AvgIpc) is 2.17. The van der Waals surface area contributed by atoms with E-state index in [1.54, 1.807) is 20.8 Å². The molecule has 1 saturated carbocycles.